The average molecular weight is 295 g/mol. The highest BCUT2D eigenvalue weighted by Gasteiger charge is 2.36. The Morgan fingerprint density at radius 2 is 2.15 bits per heavy atom. The summed E-state index contributed by atoms with van der Waals surface area (Å²) in [5.41, 5.74) is 0.899. The molecule has 1 unspecified atom stereocenters. The van der Waals surface area contributed by atoms with Crippen molar-refractivity contribution in [3.8, 4) is 0 Å². The molecule has 3 rings (SSSR count). The summed E-state index contributed by atoms with van der Waals surface area (Å²) in [5, 5.41) is 9.72. The third kappa shape index (κ3) is 2.22. The number of hydrogen-bond acceptors (Lipinski definition) is 3. The minimum Gasteiger partial charge on any atom is -0.478 e. The fourth-order valence-electron chi connectivity index (χ4n) is 3.04. The molecule has 0 aliphatic carbocycles. The van der Waals surface area contributed by atoms with Crippen LogP contribution in [0, 0.1) is 0 Å². The summed E-state index contributed by atoms with van der Waals surface area (Å²) in [4.78, 5) is 27.0. The van der Waals surface area contributed by atoms with E-state index >= 15 is 0 Å². The molecule has 1 amide bonds. The number of aromatic carboxylic acids is 1. The van der Waals surface area contributed by atoms with Crippen molar-refractivity contribution in [2.75, 3.05) is 24.5 Å². The fourth-order valence-corrected chi connectivity index (χ4v) is 3.21. The van der Waals surface area contributed by atoms with Crippen molar-refractivity contribution in [2.24, 2.45) is 0 Å². The third-order valence-corrected chi connectivity index (χ3v) is 4.26. The number of carbonyl (C=O) groups is 2. The van der Waals surface area contributed by atoms with Gasteiger partial charge in [-0.05, 0) is 24.6 Å². The molecule has 5 nitrogen and oxygen atoms in total. The maximum atomic E-state index is 11.7. The molecule has 1 atom stereocenters. The maximum absolute atomic E-state index is 11.7. The number of fused-ring (bicyclic) bond motifs is 1. The Labute approximate surface area is 121 Å². The van der Waals surface area contributed by atoms with E-state index in [1.807, 2.05) is 9.80 Å². The first kappa shape index (κ1) is 13.2. The van der Waals surface area contributed by atoms with Crippen LogP contribution in [-0.4, -0.2) is 47.6 Å². The summed E-state index contributed by atoms with van der Waals surface area (Å²) in [6, 6.07) is 5.13. The monoisotopic (exact) mass is 294 g/mol. The van der Waals surface area contributed by atoms with Crippen molar-refractivity contribution in [2.45, 2.75) is 18.9 Å². The standard InChI is InChI=1S/C14H15ClN2O3/c15-9-1-3-12(11(7-9)14(19)20)16-5-6-17-10(8-16)2-4-13(17)18/h1,3,7,10H,2,4-6,8H2,(H,19,20). The van der Waals surface area contributed by atoms with Crippen molar-refractivity contribution >= 4 is 29.2 Å². The molecule has 1 aromatic rings. The van der Waals surface area contributed by atoms with Crippen LogP contribution in [0.4, 0.5) is 5.69 Å². The molecule has 2 aliphatic rings. The molecule has 1 N–H and O–H groups in total. The lowest BCUT2D eigenvalue weighted by Crippen LogP contribution is -2.51. The second-order valence-corrected chi connectivity index (χ2v) is 5.63. The molecule has 2 saturated heterocycles. The summed E-state index contributed by atoms with van der Waals surface area (Å²) in [5.74, 6) is -0.767. The van der Waals surface area contributed by atoms with Gasteiger partial charge in [-0.3, -0.25) is 4.79 Å². The van der Waals surface area contributed by atoms with E-state index in [-0.39, 0.29) is 17.5 Å². The average Bonchev–Trinajstić information content (AvgIpc) is 2.80. The Kier molecular flexibility index (Phi) is 3.30. The predicted octanol–water partition coefficient (Wildman–Crippen LogP) is 1.85. The second kappa shape index (κ2) is 4.98. The van der Waals surface area contributed by atoms with Gasteiger partial charge in [-0.1, -0.05) is 11.6 Å². The van der Waals surface area contributed by atoms with Gasteiger partial charge in [-0.2, -0.15) is 0 Å². The van der Waals surface area contributed by atoms with Crippen molar-refractivity contribution < 1.29 is 14.7 Å². The predicted molar refractivity (Wildman–Crippen MR) is 75.4 cm³/mol. The molecule has 0 aromatic heterocycles. The molecule has 1 aromatic carbocycles. The van der Waals surface area contributed by atoms with Gasteiger partial charge >= 0.3 is 5.97 Å². The van der Waals surface area contributed by atoms with Gasteiger partial charge in [0.05, 0.1) is 11.3 Å². The Morgan fingerprint density at radius 3 is 2.90 bits per heavy atom. The van der Waals surface area contributed by atoms with Gasteiger partial charge in [-0.25, -0.2) is 4.79 Å². The van der Waals surface area contributed by atoms with E-state index in [0.717, 1.165) is 6.42 Å². The van der Waals surface area contributed by atoms with Crippen molar-refractivity contribution in [3.63, 3.8) is 0 Å². The number of carboxylic acids is 1. The van der Waals surface area contributed by atoms with Gasteiger partial charge in [0, 0.05) is 37.1 Å². The highest BCUT2D eigenvalue weighted by atomic mass is 35.5. The topological polar surface area (TPSA) is 60.9 Å². The molecule has 0 bridgehead atoms. The molecule has 0 saturated carbocycles. The number of amides is 1. The Morgan fingerprint density at radius 1 is 1.35 bits per heavy atom. The van der Waals surface area contributed by atoms with E-state index in [0.29, 0.717) is 36.8 Å². The van der Waals surface area contributed by atoms with Crippen molar-refractivity contribution in [1.29, 1.82) is 0 Å². The molecule has 106 valence electrons. The van der Waals surface area contributed by atoms with E-state index in [9.17, 15) is 14.7 Å². The molecule has 0 spiro atoms. The number of anilines is 1. The normalized spacial score (nSPS) is 22.1. The van der Waals surface area contributed by atoms with Gasteiger partial charge in [0.1, 0.15) is 0 Å². The first-order valence-electron chi connectivity index (χ1n) is 6.63. The summed E-state index contributed by atoms with van der Waals surface area (Å²) in [6.07, 6.45) is 1.45. The largest absolute Gasteiger partial charge is 0.478 e. The van der Waals surface area contributed by atoms with Crippen molar-refractivity contribution in [3.05, 3.63) is 28.8 Å². The zero-order chi connectivity index (χ0) is 14.3. The van der Waals surface area contributed by atoms with Gasteiger partial charge in [-0.15, -0.1) is 0 Å². The van der Waals surface area contributed by atoms with E-state index in [2.05, 4.69) is 0 Å². The van der Waals surface area contributed by atoms with Crippen LogP contribution in [0.25, 0.3) is 0 Å². The van der Waals surface area contributed by atoms with Crippen LogP contribution in [0.3, 0.4) is 0 Å². The lowest BCUT2D eigenvalue weighted by Gasteiger charge is -2.39. The number of hydrogen-bond donors (Lipinski definition) is 1. The van der Waals surface area contributed by atoms with Crippen LogP contribution < -0.4 is 4.90 Å². The number of carboxylic acid groups (broad SMARTS) is 1. The molecule has 20 heavy (non-hydrogen) atoms. The Hall–Kier alpha value is -1.75. The molecule has 6 heteroatoms. The zero-order valence-electron chi connectivity index (χ0n) is 10.9. The number of carbonyl (C=O) groups excluding carboxylic acids is 1. The van der Waals surface area contributed by atoms with E-state index in [4.69, 9.17) is 11.6 Å². The zero-order valence-corrected chi connectivity index (χ0v) is 11.6. The summed E-state index contributed by atoms with van der Waals surface area (Å²) >= 11 is 5.87. The number of piperazine rings is 1. The minimum atomic E-state index is -0.979. The summed E-state index contributed by atoms with van der Waals surface area (Å²) in [6.45, 7) is 2.00. The molecular formula is C14H15ClN2O3. The smallest absolute Gasteiger partial charge is 0.337 e. The van der Waals surface area contributed by atoms with Crippen LogP contribution in [0.2, 0.25) is 5.02 Å². The van der Waals surface area contributed by atoms with Crippen LogP contribution in [-0.2, 0) is 4.79 Å². The molecular weight excluding hydrogens is 280 g/mol. The second-order valence-electron chi connectivity index (χ2n) is 5.19. The van der Waals surface area contributed by atoms with Gasteiger partial charge in [0.2, 0.25) is 5.91 Å². The molecule has 2 heterocycles. The van der Waals surface area contributed by atoms with Crippen LogP contribution in [0.1, 0.15) is 23.2 Å². The Bertz CT molecular complexity index is 576. The van der Waals surface area contributed by atoms with E-state index in [1.165, 1.54) is 6.07 Å². The fraction of sp³-hybridized carbons (Fsp3) is 0.429. The quantitative estimate of drug-likeness (QED) is 0.904. The van der Waals surface area contributed by atoms with Gasteiger partial charge in [0.25, 0.3) is 0 Å². The molecule has 2 fully saturated rings. The first-order chi connectivity index (χ1) is 9.56. The maximum Gasteiger partial charge on any atom is 0.337 e. The number of rotatable bonds is 2. The Balaban J connectivity index is 1.87. The minimum absolute atomic E-state index is 0.202. The molecule has 2 aliphatic heterocycles. The molecule has 0 radical (unpaired) electrons. The first-order valence-corrected chi connectivity index (χ1v) is 7.01. The highest BCUT2D eigenvalue weighted by molar-refractivity contribution is 6.31. The lowest BCUT2D eigenvalue weighted by atomic mass is 10.1. The van der Waals surface area contributed by atoms with Crippen LogP contribution in [0.15, 0.2) is 18.2 Å². The van der Waals surface area contributed by atoms with Gasteiger partial charge in [0.15, 0.2) is 0 Å². The van der Waals surface area contributed by atoms with Crippen LogP contribution in [0.5, 0.6) is 0 Å². The van der Waals surface area contributed by atoms with E-state index in [1.54, 1.807) is 12.1 Å². The van der Waals surface area contributed by atoms with E-state index < -0.39 is 5.97 Å². The summed E-state index contributed by atoms with van der Waals surface area (Å²) < 4.78 is 0. The SMILES string of the molecule is O=C(O)c1cc(Cl)ccc1N1CCN2C(=O)CCC2C1. The van der Waals surface area contributed by atoms with Crippen LogP contribution >= 0.6 is 11.6 Å². The summed E-state index contributed by atoms with van der Waals surface area (Å²) in [7, 11) is 0. The number of halogens is 1. The van der Waals surface area contributed by atoms with Crippen molar-refractivity contribution in [1.82, 2.24) is 4.90 Å². The number of nitrogens with zero attached hydrogens (tertiary/aromatic N) is 2. The highest BCUT2D eigenvalue weighted by Crippen LogP contribution is 2.29. The third-order valence-electron chi connectivity index (χ3n) is 4.02. The lowest BCUT2D eigenvalue weighted by molar-refractivity contribution is -0.129. The number of benzene rings is 1. The van der Waals surface area contributed by atoms with Gasteiger partial charge < -0.3 is 14.9 Å².